The van der Waals surface area contributed by atoms with E-state index in [1.807, 2.05) is 12.1 Å². The molecule has 2 heterocycles. The number of hydrogen-bond donors (Lipinski definition) is 1. The van der Waals surface area contributed by atoms with Crippen molar-refractivity contribution in [1.29, 1.82) is 0 Å². The molecule has 0 amide bonds. The van der Waals surface area contributed by atoms with Crippen molar-refractivity contribution in [3.63, 3.8) is 0 Å². The van der Waals surface area contributed by atoms with Crippen LogP contribution < -0.4 is 5.32 Å². The third kappa shape index (κ3) is 2.05. The Morgan fingerprint density at radius 2 is 2.11 bits per heavy atom. The highest BCUT2D eigenvalue weighted by molar-refractivity contribution is 5.84. The van der Waals surface area contributed by atoms with Gasteiger partial charge in [0.15, 0.2) is 0 Å². The third-order valence-electron chi connectivity index (χ3n) is 4.27. The van der Waals surface area contributed by atoms with Gasteiger partial charge in [-0.25, -0.2) is 0 Å². The van der Waals surface area contributed by atoms with E-state index < -0.39 is 5.41 Å². The Morgan fingerprint density at radius 3 is 2.58 bits per heavy atom. The average Bonchev–Trinajstić information content (AvgIpc) is 2.92. The van der Waals surface area contributed by atoms with E-state index in [-0.39, 0.29) is 5.97 Å². The number of nitrogens with one attached hydrogen (secondary N) is 1. The van der Waals surface area contributed by atoms with Crippen LogP contribution in [0.1, 0.15) is 23.5 Å². The second kappa shape index (κ2) is 4.94. The summed E-state index contributed by atoms with van der Waals surface area (Å²) in [6.07, 6.45) is 1.19. The molecule has 1 aromatic rings. The lowest BCUT2D eigenvalue weighted by atomic mass is 9.78. The molecule has 3 rings (SSSR count). The summed E-state index contributed by atoms with van der Waals surface area (Å²) >= 11 is 0. The lowest BCUT2D eigenvalue weighted by Gasteiger charge is -2.39. The highest BCUT2D eigenvalue weighted by Crippen LogP contribution is 2.34. The summed E-state index contributed by atoms with van der Waals surface area (Å²) in [4.78, 5) is 11.9. The maximum Gasteiger partial charge on any atom is 0.321 e. The fourth-order valence-corrected chi connectivity index (χ4v) is 2.92. The van der Waals surface area contributed by atoms with Crippen molar-refractivity contribution in [3.05, 3.63) is 35.4 Å². The standard InChI is InChI=1S/C15H19NO3/c1-18-14(17)15(9-19-10-15)13-4-2-11(3-5-13)12-6-7-16-8-12/h2-5,12,16H,6-10H2,1H3. The number of benzene rings is 1. The first kappa shape index (κ1) is 12.6. The first-order valence-electron chi connectivity index (χ1n) is 6.73. The zero-order valence-electron chi connectivity index (χ0n) is 11.1. The first-order valence-corrected chi connectivity index (χ1v) is 6.73. The van der Waals surface area contributed by atoms with Gasteiger partial charge in [-0.1, -0.05) is 24.3 Å². The molecule has 0 aliphatic carbocycles. The molecular weight excluding hydrogens is 242 g/mol. The van der Waals surface area contributed by atoms with Crippen molar-refractivity contribution in [2.45, 2.75) is 17.8 Å². The molecule has 1 atom stereocenters. The third-order valence-corrected chi connectivity index (χ3v) is 4.27. The minimum absolute atomic E-state index is 0.200. The Kier molecular flexibility index (Phi) is 3.29. The van der Waals surface area contributed by atoms with Crippen LogP contribution in [-0.2, 0) is 19.7 Å². The minimum atomic E-state index is -0.582. The number of carbonyl (C=O) groups is 1. The molecule has 0 spiro atoms. The molecule has 4 nitrogen and oxygen atoms in total. The van der Waals surface area contributed by atoms with Gasteiger partial charge in [0.05, 0.1) is 20.3 Å². The van der Waals surface area contributed by atoms with Crippen molar-refractivity contribution in [3.8, 4) is 0 Å². The van der Waals surface area contributed by atoms with Crippen LogP contribution in [0.3, 0.4) is 0 Å². The van der Waals surface area contributed by atoms with Gasteiger partial charge in [-0.05, 0) is 30.0 Å². The van der Waals surface area contributed by atoms with Crippen molar-refractivity contribution in [1.82, 2.24) is 5.32 Å². The van der Waals surface area contributed by atoms with Gasteiger partial charge >= 0.3 is 5.97 Å². The summed E-state index contributed by atoms with van der Waals surface area (Å²) in [6.45, 7) is 2.98. The van der Waals surface area contributed by atoms with Gasteiger partial charge in [-0.15, -0.1) is 0 Å². The molecule has 0 radical (unpaired) electrons. The molecule has 2 aliphatic heterocycles. The molecule has 0 bridgehead atoms. The van der Waals surface area contributed by atoms with Crippen molar-refractivity contribution < 1.29 is 14.3 Å². The Morgan fingerprint density at radius 1 is 1.37 bits per heavy atom. The van der Waals surface area contributed by atoms with Gasteiger partial charge < -0.3 is 14.8 Å². The molecule has 0 saturated carbocycles. The summed E-state index contributed by atoms with van der Waals surface area (Å²) in [6, 6.07) is 8.37. The lowest BCUT2D eigenvalue weighted by molar-refractivity contribution is -0.166. The van der Waals surface area contributed by atoms with Crippen LogP contribution in [0.2, 0.25) is 0 Å². The van der Waals surface area contributed by atoms with Crippen LogP contribution in [0, 0.1) is 0 Å². The number of carbonyl (C=O) groups excluding carboxylic acids is 1. The van der Waals surface area contributed by atoms with Crippen LogP contribution in [0.5, 0.6) is 0 Å². The van der Waals surface area contributed by atoms with Crippen molar-refractivity contribution >= 4 is 5.97 Å². The first-order chi connectivity index (χ1) is 9.26. The van der Waals surface area contributed by atoms with Crippen molar-refractivity contribution in [2.75, 3.05) is 33.4 Å². The summed E-state index contributed by atoms with van der Waals surface area (Å²) in [5.74, 6) is 0.398. The molecule has 102 valence electrons. The quantitative estimate of drug-likeness (QED) is 0.831. The molecule has 1 aromatic carbocycles. The summed E-state index contributed by atoms with van der Waals surface area (Å²) in [7, 11) is 1.43. The highest BCUT2D eigenvalue weighted by atomic mass is 16.5. The van der Waals surface area contributed by atoms with Crippen molar-refractivity contribution in [2.24, 2.45) is 0 Å². The van der Waals surface area contributed by atoms with Crippen LogP contribution >= 0.6 is 0 Å². The Hall–Kier alpha value is -1.39. The number of esters is 1. The normalized spacial score (nSPS) is 24.8. The smallest absolute Gasteiger partial charge is 0.321 e. The van der Waals surface area contributed by atoms with Gasteiger partial charge in [0.25, 0.3) is 0 Å². The average molecular weight is 261 g/mol. The maximum atomic E-state index is 11.9. The molecular formula is C15H19NO3. The summed E-state index contributed by atoms with van der Waals surface area (Å²) in [5, 5.41) is 3.37. The SMILES string of the molecule is COC(=O)C1(c2ccc(C3CCNC3)cc2)COC1. The fourth-order valence-electron chi connectivity index (χ4n) is 2.92. The number of rotatable bonds is 3. The van der Waals surface area contributed by atoms with E-state index in [0.717, 1.165) is 18.7 Å². The van der Waals surface area contributed by atoms with Gasteiger partial charge in [0.1, 0.15) is 5.41 Å². The molecule has 0 aromatic heterocycles. The molecule has 2 aliphatic rings. The summed E-state index contributed by atoms with van der Waals surface area (Å²) in [5.41, 5.74) is 1.76. The Bertz CT molecular complexity index is 459. The van der Waals surface area contributed by atoms with Gasteiger partial charge in [-0.3, -0.25) is 4.79 Å². The minimum Gasteiger partial charge on any atom is -0.468 e. The molecule has 2 saturated heterocycles. The van der Waals surface area contributed by atoms with E-state index in [4.69, 9.17) is 9.47 Å². The van der Waals surface area contributed by atoms with Gasteiger partial charge in [-0.2, -0.15) is 0 Å². The molecule has 1 unspecified atom stereocenters. The van der Waals surface area contributed by atoms with E-state index in [0.29, 0.717) is 19.1 Å². The second-order valence-corrected chi connectivity index (χ2v) is 5.38. The fraction of sp³-hybridized carbons (Fsp3) is 0.533. The Labute approximate surface area is 113 Å². The Balaban J connectivity index is 1.83. The van der Waals surface area contributed by atoms with E-state index in [9.17, 15) is 4.79 Å². The second-order valence-electron chi connectivity index (χ2n) is 5.38. The van der Waals surface area contributed by atoms with E-state index >= 15 is 0 Å². The monoisotopic (exact) mass is 261 g/mol. The zero-order chi connectivity index (χ0) is 13.3. The molecule has 2 fully saturated rings. The highest BCUT2D eigenvalue weighted by Gasteiger charge is 2.48. The zero-order valence-corrected chi connectivity index (χ0v) is 11.1. The van der Waals surface area contributed by atoms with Crippen LogP contribution in [0.25, 0.3) is 0 Å². The van der Waals surface area contributed by atoms with Crippen LogP contribution in [0.15, 0.2) is 24.3 Å². The largest absolute Gasteiger partial charge is 0.468 e. The lowest BCUT2D eigenvalue weighted by Crippen LogP contribution is -2.53. The number of methoxy groups -OCH3 is 1. The maximum absolute atomic E-state index is 11.9. The molecule has 4 heteroatoms. The van der Waals surface area contributed by atoms with E-state index in [1.165, 1.54) is 19.1 Å². The summed E-state index contributed by atoms with van der Waals surface area (Å²) < 4.78 is 10.1. The predicted octanol–water partition coefficient (Wildman–Crippen LogP) is 1.20. The molecule has 1 N–H and O–H groups in total. The number of hydrogen-bond acceptors (Lipinski definition) is 4. The molecule has 19 heavy (non-hydrogen) atoms. The van der Waals surface area contributed by atoms with Gasteiger partial charge in [0, 0.05) is 6.54 Å². The van der Waals surface area contributed by atoms with E-state index in [1.54, 1.807) is 0 Å². The van der Waals surface area contributed by atoms with E-state index in [2.05, 4.69) is 17.4 Å². The van der Waals surface area contributed by atoms with Gasteiger partial charge in [0.2, 0.25) is 0 Å². The topological polar surface area (TPSA) is 47.6 Å². The van der Waals surface area contributed by atoms with Crippen LogP contribution in [0.4, 0.5) is 0 Å². The van der Waals surface area contributed by atoms with Crippen LogP contribution in [-0.4, -0.2) is 39.4 Å². The predicted molar refractivity (Wildman–Crippen MR) is 71.2 cm³/mol. The number of ether oxygens (including phenoxy) is 2.